The predicted molar refractivity (Wildman–Crippen MR) is 110 cm³/mol. The van der Waals surface area contributed by atoms with Gasteiger partial charge in [0.25, 0.3) is 0 Å². The molecule has 0 fully saturated rings. The predicted octanol–water partition coefficient (Wildman–Crippen LogP) is 5.16. The molecular weight excluding hydrogens is 381 g/mol. The molecule has 1 heterocycles. The fraction of sp³-hybridized carbons (Fsp3) is 0.200. The van der Waals surface area contributed by atoms with Crippen molar-refractivity contribution in [1.82, 2.24) is 14.8 Å². The number of hydrogen-bond acceptors (Lipinski definition) is 5. The van der Waals surface area contributed by atoms with Gasteiger partial charge in [0.1, 0.15) is 11.6 Å². The minimum Gasteiger partial charge on any atom is -0.496 e. The molecule has 2 aromatic carbocycles. The Balaban J connectivity index is 1.69. The molecule has 4 nitrogen and oxygen atoms in total. The Hall–Kier alpha value is -2.25. The van der Waals surface area contributed by atoms with E-state index in [1.807, 2.05) is 34.9 Å². The highest BCUT2D eigenvalue weighted by molar-refractivity contribution is 8.02. The molecule has 0 aliphatic rings. The average molecular weight is 402 g/mol. The number of allylic oxidation sites excluding steroid dienone is 1. The summed E-state index contributed by atoms with van der Waals surface area (Å²) in [5.74, 6) is 3.07. The summed E-state index contributed by atoms with van der Waals surface area (Å²) in [6, 6.07) is 14.3. The smallest absolute Gasteiger partial charge is 0.191 e. The molecule has 0 atom stereocenters. The standard InChI is InChI=1S/C20H20FN3OS2/c1-3-12-24-19(17-6-4-5-7-18(17)25-2)22-23-20(24)27-14-13-26-16-10-8-15(21)9-11-16/h3-11H,1,12-14H2,2H3. The third-order valence-corrected chi connectivity index (χ3v) is 6.01. The van der Waals surface area contributed by atoms with Crippen molar-refractivity contribution >= 4 is 23.5 Å². The average Bonchev–Trinajstić information content (AvgIpc) is 3.09. The van der Waals surface area contributed by atoms with E-state index in [4.69, 9.17) is 4.74 Å². The van der Waals surface area contributed by atoms with E-state index in [2.05, 4.69) is 16.8 Å². The minimum absolute atomic E-state index is 0.213. The first-order valence-corrected chi connectivity index (χ1v) is 10.4. The van der Waals surface area contributed by atoms with E-state index in [1.54, 1.807) is 42.8 Å². The van der Waals surface area contributed by atoms with Crippen molar-refractivity contribution in [3.05, 3.63) is 67.0 Å². The molecule has 0 unspecified atom stereocenters. The molecule has 7 heteroatoms. The van der Waals surface area contributed by atoms with Gasteiger partial charge in [-0.25, -0.2) is 4.39 Å². The highest BCUT2D eigenvalue weighted by Crippen LogP contribution is 2.31. The molecule has 3 aromatic rings. The van der Waals surface area contributed by atoms with Crippen LogP contribution in [-0.4, -0.2) is 33.4 Å². The van der Waals surface area contributed by atoms with Crippen LogP contribution in [0.2, 0.25) is 0 Å². The van der Waals surface area contributed by atoms with Gasteiger partial charge in [-0.15, -0.1) is 28.5 Å². The zero-order valence-corrected chi connectivity index (χ0v) is 16.6. The number of rotatable bonds is 9. The molecule has 0 aliphatic carbocycles. The topological polar surface area (TPSA) is 39.9 Å². The van der Waals surface area contributed by atoms with Crippen LogP contribution in [0.25, 0.3) is 11.4 Å². The molecule has 0 aliphatic heterocycles. The van der Waals surface area contributed by atoms with Crippen LogP contribution in [0.5, 0.6) is 5.75 Å². The first-order valence-electron chi connectivity index (χ1n) is 8.41. The van der Waals surface area contributed by atoms with Gasteiger partial charge < -0.3 is 4.74 Å². The Kier molecular flexibility index (Phi) is 6.95. The number of ether oxygens (including phenoxy) is 1. The number of nitrogens with zero attached hydrogens (tertiary/aromatic N) is 3. The van der Waals surface area contributed by atoms with Crippen LogP contribution in [0.1, 0.15) is 0 Å². The second-order valence-corrected chi connectivity index (χ2v) is 7.79. The second-order valence-electron chi connectivity index (χ2n) is 5.56. The van der Waals surface area contributed by atoms with Gasteiger partial charge in [-0.05, 0) is 36.4 Å². The van der Waals surface area contributed by atoms with Crippen LogP contribution in [0, 0.1) is 5.82 Å². The molecule has 0 radical (unpaired) electrons. The Morgan fingerprint density at radius 3 is 2.56 bits per heavy atom. The summed E-state index contributed by atoms with van der Waals surface area (Å²) < 4.78 is 20.5. The number of halogens is 1. The number of methoxy groups -OCH3 is 1. The van der Waals surface area contributed by atoms with Crippen molar-refractivity contribution in [3.8, 4) is 17.1 Å². The summed E-state index contributed by atoms with van der Waals surface area (Å²) >= 11 is 3.34. The highest BCUT2D eigenvalue weighted by atomic mass is 32.2. The van der Waals surface area contributed by atoms with Gasteiger partial charge in [0.05, 0.1) is 12.7 Å². The third-order valence-electron chi connectivity index (χ3n) is 3.77. The summed E-state index contributed by atoms with van der Waals surface area (Å²) in [5.41, 5.74) is 0.905. The number of thioether (sulfide) groups is 2. The van der Waals surface area contributed by atoms with E-state index in [0.29, 0.717) is 6.54 Å². The van der Waals surface area contributed by atoms with Crippen molar-refractivity contribution in [2.75, 3.05) is 18.6 Å². The maximum atomic E-state index is 13.0. The molecule has 3 rings (SSSR count). The van der Waals surface area contributed by atoms with Crippen molar-refractivity contribution < 1.29 is 9.13 Å². The van der Waals surface area contributed by atoms with E-state index >= 15 is 0 Å². The van der Waals surface area contributed by atoms with E-state index in [0.717, 1.165) is 38.7 Å². The lowest BCUT2D eigenvalue weighted by Gasteiger charge is -2.10. The van der Waals surface area contributed by atoms with E-state index in [-0.39, 0.29) is 5.82 Å². The lowest BCUT2D eigenvalue weighted by atomic mass is 10.2. The number of hydrogen-bond donors (Lipinski definition) is 0. The second kappa shape index (κ2) is 9.62. The van der Waals surface area contributed by atoms with E-state index < -0.39 is 0 Å². The fourth-order valence-electron chi connectivity index (χ4n) is 2.54. The first-order chi connectivity index (χ1) is 13.2. The normalized spacial score (nSPS) is 10.7. The summed E-state index contributed by atoms with van der Waals surface area (Å²) in [6.07, 6.45) is 1.83. The van der Waals surface area contributed by atoms with Gasteiger partial charge in [-0.1, -0.05) is 30.0 Å². The SMILES string of the molecule is C=CCn1c(SCCSc2ccc(F)cc2)nnc1-c1ccccc1OC. The largest absolute Gasteiger partial charge is 0.496 e. The Labute approximate surface area is 166 Å². The molecule has 27 heavy (non-hydrogen) atoms. The van der Waals surface area contributed by atoms with Crippen LogP contribution in [0.3, 0.4) is 0 Å². The molecular formula is C20H20FN3OS2. The molecule has 0 saturated heterocycles. The Morgan fingerprint density at radius 1 is 1.07 bits per heavy atom. The highest BCUT2D eigenvalue weighted by Gasteiger charge is 2.16. The number of benzene rings is 2. The van der Waals surface area contributed by atoms with Crippen molar-refractivity contribution in [3.63, 3.8) is 0 Å². The van der Waals surface area contributed by atoms with Crippen molar-refractivity contribution in [2.45, 2.75) is 16.6 Å². The molecule has 0 bridgehead atoms. The molecule has 0 N–H and O–H groups in total. The molecule has 0 amide bonds. The van der Waals surface area contributed by atoms with Crippen LogP contribution < -0.4 is 4.74 Å². The van der Waals surface area contributed by atoms with Gasteiger partial charge in [0, 0.05) is 22.9 Å². The number of para-hydroxylation sites is 1. The molecule has 0 spiro atoms. The molecule has 140 valence electrons. The molecule has 0 saturated carbocycles. The van der Waals surface area contributed by atoms with Crippen LogP contribution in [0.15, 0.2) is 71.2 Å². The van der Waals surface area contributed by atoms with Gasteiger partial charge in [0.2, 0.25) is 0 Å². The Bertz CT molecular complexity index is 896. The van der Waals surface area contributed by atoms with Gasteiger partial charge >= 0.3 is 0 Å². The number of aromatic nitrogens is 3. The van der Waals surface area contributed by atoms with E-state index in [1.165, 1.54) is 12.1 Å². The van der Waals surface area contributed by atoms with Crippen LogP contribution in [-0.2, 0) is 6.54 Å². The maximum absolute atomic E-state index is 13.0. The van der Waals surface area contributed by atoms with Crippen LogP contribution >= 0.6 is 23.5 Å². The molecule has 1 aromatic heterocycles. The quantitative estimate of drug-likeness (QED) is 0.281. The lowest BCUT2D eigenvalue weighted by Crippen LogP contribution is -2.02. The lowest BCUT2D eigenvalue weighted by molar-refractivity contribution is 0.416. The zero-order chi connectivity index (χ0) is 19.1. The van der Waals surface area contributed by atoms with Crippen molar-refractivity contribution in [1.29, 1.82) is 0 Å². The summed E-state index contributed by atoms with van der Waals surface area (Å²) in [5, 5.41) is 9.58. The summed E-state index contributed by atoms with van der Waals surface area (Å²) in [6.45, 7) is 4.46. The zero-order valence-electron chi connectivity index (χ0n) is 15.0. The Morgan fingerprint density at radius 2 is 1.81 bits per heavy atom. The van der Waals surface area contributed by atoms with Gasteiger partial charge in [-0.3, -0.25) is 4.57 Å². The third kappa shape index (κ3) is 4.93. The fourth-order valence-corrected chi connectivity index (χ4v) is 4.37. The van der Waals surface area contributed by atoms with E-state index in [9.17, 15) is 4.39 Å². The summed E-state index contributed by atoms with van der Waals surface area (Å²) in [4.78, 5) is 1.05. The van der Waals surface area contributed by atoms with Crippen molar-refractivity contribution in [2.24, 2.45) is 0 Å². The van der Waals surface area contributed by atoms with Gasteiger partial charge in [0.15, 0.2) is 11.0 Å². The van der Waals surface area contributed by atoms with Gasteiger partial charge in [-0.2, -0.15) is 0 Å². The van der Waals surface area contributed by atoms with Crippen LogP contribution in [0.4, 0.5) is 4.39 Å². The monoisotopic (exact) mass is 401 g/mol. The first kappa shape index (κ1) is 19.5. The summed E-state index contributed by atoms with van der Waals surface area (Å²) in [7, 11) is 1.65. The maximum Gasteiger partial charge on any atom is 0.191 e. The minimum atomic E-state index is -0.213.